The van der Waals surface area contributed by atoms with Crippen molar-refractivity contribution in [2.45, 2.75) is 6.92 Å². The molecule has 0 aliphatic carbocycles. The molecule has 0 aliphatic rings. The fraction of sp³-hybridized carbons (Fsp3) is 0.0909. The molecule has 98 valence electrons. The Labute approximate surface area is 112 Å². The number of hydrogen-bond acceptors (Lipinski definition) is 6. The Bertz CT molecular complexity index is 653. The maximum Gasteiger partial charge on any atom is 0.274 e. The van der Waals surface area contributed by atoms with E-state index in [0.717, 1.165) is 11.3 Å². The van der Waals surface area contributed by atoms with Gasteiger partial charge in [0.1, 0.15) is 4.88 Å². The number of nitrogens with one attached hydrogen (secondary N) is 1. The molecule has 0 saturated carbocycles. The molecule has 1 aromatic heterocycles. The lowest BCUT2D eigenvalue weighted by atomic mass is 10.2. The van der Waals surface area contributed by atoms with Gasteiger partial charge in [-0.3, -0.25) is 14.9 Å². The number of hydrogen-bond donors (Lipinski definition) is 2. The number of nitro benzene ring substituents is 1. The van der Waals surface area contributed by atoms with Crippen molar-refractivity contribution in [2.24, 2.45) is 0 Å². The second kappa shape index (κ2) is 5.02. The summed E-state index contributed by atoms with van der Waals surface area (Å²) >= 11 is 1.05. The number of nitrogens with two attached hydrogens (primary N) is 1. The zero-order valence-electron chi connectivity index (χ0n) is 9.91. The summed E-state index contributed by atoms with van der Waals surface area (Å²) in [5.74, 6) is -0.396. The Morgan fingerprint density at radius 3 is 2.84 bits per heavy atom. The number of thiazole rings is 1. The summed E-state index contributed by atoms with van der Waals surface area (Å²) in [6, 6.07) is 4.50. The monoisotopic (exact) mass is 278 g/mol. The standard InChI is InChI=1S/C11H10N4O3S/c1-6-2-3-7(4-8(6)15(17)18)14-10(16)9-5-13-11(12)19-9/h2-5H,1H3,(H2,12,13)(H,14,16). The molecule has 0 aliphatic heterocycles. The number of anilines is 2. The normalized spacial score (nSPS) is 10.2. The number of nitrogen functional groups attached to an aromatic ring is 1. The van der Waals surface area contributed by atoms with E-state index in [1.165, 1.54) is 12.3 Å². The second-order valence-corrected chi connectivity index (χ2v) is 4.84. The predicted octanol–water partition coefficient (Wildman–Crippen LogP) is 2.19. The zero-order valence-corrected chi connectivity index (χ0v) is 10.7. The summed E-state index contributed by atoms with van der Waals surface area (Å²) in [5.41, 5.74) is 6.28. The number of aryl methyl sites for hydroxylation is 1. The van der Waals surface area contributed by atoms with E-state index in [2.05, 4.69) is 10.3 Å². The Balaban J connectivity index is 2.22. The van der Waals surface area contributed by atoms with Gasteiger partial charge >= 0.3 is 0 Å². The van der Waals surface area contributed by atoms with Crippen LogP contribution in [0.1, 0.15) is 15.2 Å². The molecule has 0 fully saturated rings. The van der Waals surface area contributed by atoms with Crippen molar-refractivity contribution in [3.8, 4) is 0 Å². The van der Waals surface area contributed by atoms with E-state index >= 15 is 0 Å². The van der Waals surface area contributed by atoms with E-state index in [0.29, 0.717) is 21.3 Å². The average molecular weight is 278 g/mol. The van der Waals surface area contributed by atoms with E-state index in [-0.39, 0.29) is 5.69 Å². The summed E-state index contributed by atoms with van der Waals surface area (Å²) in [5, 5.41) is 13.7. The first kappa shape index (κ1) is 13.0. The van der Waals surface area contributed by atoms with Crippen molar-refractivity contribution in [3.63, 3.8) is 0 Å². The summed E-state index contributed by atoms with van der Waals surface area (Å²) < 4.78 is 0. The quantitative estimate of drug-likeness (QED) is 0.660. The fourth-order valence-corrected chi connectivity index (χ4v) is 2.05. The van der Waals surface area contributed by atoms with E-state index in [1.54, 1.807) is 19.1 Å². The molecule has 2 aromatic rings. The maximum absolute atomic E-state index is 11.8. The minimum Gasteiger partial charge on any atom is -0.375 e. The third kappa shape index (κ3) is 2.86. The molecule has 1 aromatic carbocycles. The molecule has 0 saturated heterocycles. The first-order chi connectivity index (χ1) is 8.97. The number of nitrogens with zero attached hydrogens (tertiary/aromatic N) is 2. The third-order valence-corrected chi connectivity index (χ3v) is 3.24. The molecule has 2 rings (SSSR count). The number of carbonyl (C=O) groups is 1. The highest BCUT2D eigenvalue weighted by Crippen LogP contribution is 2.23. The molecule has 0 unspecified atom stereocenters. The maximum atomic E-state index is 11.8. The van der Waals surface area contributed by atoms with Gasteiger partial charge in [0.2, 0.25) is 0 Å². The number of benzene rings is 1. The van der Waals surface area contributed by atoms with E-state index in [9.17, 15) is 14.9 Å². The number of aromatic nitrogens is 1. The van der Waals surface area contributed by atoms with Gasteiger partial charge in [0.25, 0.3) is 11.6 Å². The van der Waals surface area contributed by atoms with Crippen LogP contribution in [0, 0.1) is 17.0 Å². The number of rotatable bonds is 3. The molecule has 19 heavy (non-hydrogen) atoms. The van der Waals surface area contributed by atoms with Crippen molar-refractivity contribution >= 4 is 33.8 Å². The molecule has 0 spiro atoms. The Morgan fingerprint density at radius 2 is 2.26 bits per heavy atom. The molecule has 8 heteroatoms. The lowest BCUT2D eigenvalue weighted by molar-refractivity contribution is -0.385. The Morgan fingerprint density at radius 1 is 1.53 bits per heavy atom. The van der Waals surface area contributed by atoms with Crippen molar-refractivity contribution < 1.29 is 9.72 Å². The third-order valence-electron chi connectivity index (χ3n) is 2.41. The van der Waals surface area contributed by atoms with Gasteiger partial charge in [-0.25, -0.2) is 4.98 Å². The van der Waals surface area contributed by atoms with Crippen LogP contribution in [-0.2, 0) is 0 Å². The van der Waals surface area contributed by atoms with Crippen LogP contribution in [0.15, 0.2) is 24.4 Å². The van der Waals surface area contributed by atoms with Crippen LogP contribution < -0.4 is 11.1 Å². The average Bonchev–Trinajstić information content (AvgIpc) is 2.78. The smallest absolute Gasteiger partial charge is 0.274 e. The Hall–Kier alpha value is -2.48. The molecule has 0 bridgehead atoms. The number of nitro groups is 1. The lowest BCUT2D eigenvalue weighted by Gasteiger charge is -2.04. The minimum absolute atomic E-state index is 0.0402. The SMILES string of the molecule is Cc1ccc(NC(=O)c2cnc(N)s2)cc1[N+](=O)[O-]. The molecule has 3 N–H and O–H groups in total. The van der Waals surface area contributed by atoms with Crippen LogP contribution in [0.5, 0.6) is 0 Å². The van der Waals surface area contributed by atoms with Crippen LogP contribution in [0.2, 0.25) is 0 Å². The highest BCUT2D eigenvalue weighted by Gasteiger charge is 2.14. The molecule has 0 atom stereocenters. The van der Waals surface area contributed by atoms with Crippen molar-refractivity contribution in [1.29, 1.82) is 0 Å². The van der Waals surface area contributed by atoms with Gasteiger partial charge in [-0.05, 0) is 13.0 Å². The molecule has 1 amide bonds. The summed E-state index contributed by atoms with van der Waals surface area (Å²) in [6.07, 6.45) is 1.36. The van der Waals surface area contributed by atoms with Gasteiger partial charge < -0.3 is 11.1 Å². The van der Waals surface area contributed by atoms with E-state index in [4.69, 9.17) is 5.73 Å². The van der Waals surface area contributed by atoms with E-state index in [1.807, 2.05) is 0 Å². The summed E-state index contributed by atoms with van der Waals surface area (Å²) in [7, 11) is 0. The highest BCUT2D eigenvalue weighted by atomic mass is 32.1. The predicted molar refractivity (Wildman–Crippen MR) is 72.3 cm³/mol. The zero-order chi connectivity index (χ0) is 14.0. The second-order valence-electron chi connectivity index (χ2n) is 3.78. The first-order valence-electron chi connectivity index (χ1n) is 5.25. The lowest BCUT2D eigenvalue weighted by Crippen LogP contribution is -2.10. The minimum atomic E-state index is -0.490. The Kier molecular flexibility index (Phi) is 3.43. The van der Waals surface area contributed by atoms with Crippen LogP contribution in [0.4, 0.5) is 16.5 Å². The summed E-state index contributed by atoms with van der Waals surface area (Å²) in [4.78, 5) is 26.3. The van der Waals surface area contributed by atoms with Crippen LogP contribution >= 0.6 is 11.3 Å². The molecular formula is C11H10N4O3S. The van der Waals surface area contributed by atoms with Gasteiger partial charge in [0, 0.05) is 17.3 Å². The molecule has 1 heterocycles. The van der Waals surface area contributed by atoms with Crippen molar-refractivity contribution in [2.75, 3.05) is 11.1 Å². The van der Waals surface area contributed by atoms with Crippen LogP contribution in [-0.4, -0.2) is 15.8 Å². The molecular weight excluding hydrogens is 268 g/mol. The van der Waals surface area contributed by atoms with Gasteiger partial charge in [-0.1, -0.05) is 17.4 Å². The van der Waals surface area contributed by atoms with E-state index < -0.39 is 10.8 Å². The summed E-state index contributed by atoms with van der Waals surface area (Å²) in [6.45, 7) is 1.63. The largest absolute Gasteiger partial charge is 0.375 e. The fourth-order valence-electron chi connectivity index (χ4n) is 1.47. The van der Waals surface area contributed by atoms with Crippen molar-refractivity contribution in [3.05, 3.63) is 45.0 Å². The topological polar surface area (TPSA) is 111 Å². The number of carbonyl (C=O) groups excluding carboxylic acids is 1. The van der Waals surface area contributed by atoms with Crippen molar-refractivity contribution in [1.82, 2.24) is 4.98 Å². The number of amides is 1. The van der Waals surface area contributed by atoms with Crippen LogP contribution in [0.25, 0.3) is 0 Å². The first-order valence-corrected chi connectivity index (χ1v) is 6.06. The van der Waals surface area contributed by atoms with Crippen LogP contribution in [0.3, 0.4) is 0 Å². The van der Waals surface area contributed by atoms with Gasteiger partial charge in [-0.2, -0.15) is 0 Å². The van der Waals surface area contributed by atoms with Gasteiger partial charge in [0.05, 0.1) is 11.1 Å². The molecule has 7 nitrogen and oxygen atoms in total. The highest BCUT2D eigenvalue weighted by molar-refractivity contribution is 7.17. The van der Waals surface area contributed by atoms with Gasteiger partial charge in [0.15, 0.2) is 5.13 Å². The van der Waals surface area contributed by atoms with Gasteiger partial charge in [-0.15, -0.1) is 0 Å². The molecule has 0 radical (unpaired) electrons.